The van der Waals surface area contributed by atoms with Crippen molar-refractivity contribution in [2.24, 2.45) is 5.92 Å². The molecule has 1 aromatic rings. The fraction of sp³-hybridized carbons (Fsp3) is 0.455. The summed E-state index contributed by atoms with van der Waals surface area (Å²) in [5.74, 6) is 0.651. The van der Waals surface area contributed by atoms with Crippen LogP contribution < -0.4 is 0 Å². The third kappa shape index (κ3) is 2.25. The van der Waals surface area contributed by atoms with Crippen molar-refractivity contribution in [2.75, 3.05) is 0 Å². The Bertz CT molecular complexity index is 264. The smallest absolute Gasteiger partial charge is 0.0467 e. The molecular formula is C11H14Cl. The largest absolute Gasteiger partial charge is 0.0837 e. The molecule has 0 aromatic heterocycles. The zero-order valence-corrected chi connectivity index (χ0v) is 8.57. The van der Waals surface area contributed by atoms with E-state index in [1.807, 2.05) is 19.1 Å². The molecular weight excluding hydrogens is 168 g/mol. The summed E-state index contributed by atoms with van der Waals surface area (Å²) in [5, 5.41) is 0.905. The lowest BCUT2D eigenvalue weighted by Crippen LogP contribution is -1.95. The van der Waals surface area contributed by atoms with Gasteiger partial charge < -0.3 is 0 Å². The van der Waals surface area contributed by atoms with Crippen molar-refractivity contribution < 1.29 is 0 Å². The highest BCUT2D eigenvalue weighted by molar-refractivity contribution is 6.32. The van der Waals surface area contributed by atoms with E-state index in [0.717, 1.165) is 17.0 Å². The Morgan fingerprint density at radius 3 is 2.67 bits per heavy atom. The van der Waals surface area contributed by atoms with Gasteiger partial charge in [-0.05, 0) is 48.6 Å². The summed E-state index contributed by atoms with van der Waals surface area (Å²) in [6, 6.07) is 7.00. The van der Waals surface area contributed by atoms with Gasteiger partial charge in [0.25, 0.3) is 0 Å². The van der Waals surface area contributed by atoms with Crippen molar-refractivity contribution in [3.05, 3.63) is 34.3 Å². The van der Waals surface area contributed by atoms with E-state index < -0.39 is 0 Å². The first-order valence-corrected chi connectivity index (χ1v) is 4.64. The van der Waals surface area contributed by atoms with Crippen LogP contribution in [-0.2, 0) is 6.42 Å². The maximum atomic E-state index is 6.12. The fourth-order valence-corrected chi connectivity index (χ4v) is 1.42. The Balaban J connectivity index is 2.92. The van der Waals surface area contributed by atoms with Gasteiger partial charge in [-0.25, -0.2) is 0 Å². The van der Waals surface area contributed by atoms with Crippen molar-refractivity contribution >= 4 is 11.6 Å². The summed E-state index contributed by atoms with van der Waals surface area (Å²) in [4.78, 5) is 0. The predicted molar refractivity (Wildman–Crippen MR) is 53.6 cm³/mol. The van der Waals surface area contributed by atoms with Crippen LogP contribution in [0.1, 0.15) is 25.0 Å². The van der Waals surface area contributed by atoms with Crippen molar-refractivity contribution in [1.82, 2.24) is 0 Å². The van der Waals surface area contributed by atoms with E-state index >= 15 is 0 Å². The summed E-state index contributed by atoms with van der Waals surface area (Å²) in [7, 11) is 0. The molecule has 0 bridgehead atoms. The number of benzene rings is 1. The van der Waals surface area contributed by atoms with Gasteiger partial charge in [-0.15, -0.1) is 0 Å². The fourth-order valence-electron chi connectivity index (χ4n) is 1.24. The molecule has 1 aromatic carbocycles. The van der Waals surface area contributed by atoms with E-state index in [1.165, 1.54) is 5.56 Å². The molecule has 0 saturated heterocycles. The monoisotopic (exact) mass is 181 g/mol. The van der Waals surface area contributed by atoms with Crippen LogP contribution in [0.15, 0.2) is 12.1 Å². The highest BCUT2D eigenvalue weighted by Gasteiger charge is 2.04. The Morgan fingerprint density at radius 1 is 1.42 bits per heavy atom. The molecule has 0 fully saturated rings. The van der Waals surface area contributed by atoms with E-state index in [-0.39, 0.29) is 0 Å². The van der Waals surface area contributed by atoms with Gasteiger partial charge in [-0.3, -0.25) is 0 Å². The zero-order chi connectivity index (χ0) is 9.14. The Labute approximate surface area is 79.6 Å². The number of rotatable bonds is 2. The molecule has 65 valence electrons. The lowest BCUT2D eigenvalue weighted by atomic mass is 10.0. The molecule has 0 spiro atoms. The van der Waals surface area contributed by atoms with Crippen molar-refractivity contribution in [3.63, 3.8) is 0 Å². The van der Waals surface area contributed by atoms with Gasteiger partial charge in [0, 0.05) is 5.02 Å². The zero-order valence-electron chi connectivity index (χ0n) is 7.82. The van der Waals surface area contributed by atoms with Crippen LogP contribution in [0.3, 0.4) is 0 Å². The molecule has 1 rings (SSSR count). The van der Waals surface area contributed by atoms with Gasteiger partial charge in [-0.1, -0.05) is 25.4 Å². The van der Waals surface area contributed by atoms with Crippen LogP contribution in [0, 0.1) is 18.9 Å². The standard InChI is InChI=1S/C11H14Cl/c1-8(2)7-10-6-4-5-9(3)11(10)12/h5-6,8H,7H2,1-3H3. The highest BCUT2D eigenvalue weighted by atomic mass is 35.5. The second kappa shape index (κ2) is 3.95. The minimum absolute atomic E-state index is 0.651. The van der Waals surface area contributed by atoms with Gasteiger partial charge in [0.2, 0.25) is 0 Å². The minimum atomic E-state index is 0.651. The minimum Gasteiger partial charge on any atom is -0.0837 e. The quantitative estimate of drug-likeness (QED) is 0.654. The summed E-state index contributed by atoms with van der Waals surface area (Å²) in [5.41, 5.74) is 2.33. The second-order valence-corrected chi connectivity index (χ2v) is 3.95. The number of halogens is 1. The molecule has 0 atom stereocenters. The number of aryl methyl sites for hydroxylation is 1. The molecule has 12 heavy (non-hydrogen) atoms. The highest BCUT2D eigenvalue weighted by Crippen LogP contribution is 2.22. The molecule has 0 amide bonds. The van der Waals surface area contributed by atoms with E-state index in [4.69, 9.17) is 11.6 Å². The molecule has 0 aliphatic heterocycles. The van der Waals surface area contributed by atoms with Gasteiger partial charge in [-0.2, -0.15) is 0 Å². The number of hydrogen-bond acceptors (Lipinski definition) is 0. The predicted octanol–water partition coefficient (Wildman–Crippen LogP) is 3.65. The van der Waals surface area contributed by atoms with Crippen molar-refractivity contribution in [1.29, 1.82) is 0 Å². The first-order valence-electron chi connectivity index (χ1n) is 4.26. The first kappa shape index (κ1) is 9.60. The molecule has 0 N–H and O–H groups in total. The average molecular weight is 182 g/mol. The van der Waals surface area contributed by atoms with Crippen LogP contribution >= 0.6 is 11.6 Å². The summed E-state index contributed by atoms with van der Waals surface area (Å²) < 4.78 is 0. The van der Waals surface area contributed by atoms with Gasteiger partial charge in [0.15, 0.2) is 0 Å². The maximum absolute atomic E-state index is 6.12. The van der Waals surface area contributed by atoms with Gasteiger partial charge in [0.1, 0.15) is 0 Å². The Kier molecular flexibility index (Phi) is 3.16. The van der Waals surface area contributed by atoms with E-state index in [2.05, 4.69) is 19.9 Å². The van der Waals surface area contributed by atoms with Crippen LogP contribution in [-0.4, -0.2) is 0 Å². The molecule has 0 aliphatic rings. The SMILES string of the molecule is Cc1c[c]cc(CC(C)C)c1Cl. The maximum Gasteiger partial charge on any atom is 0.0467 e. The van der Waals surface area contributed by atoms with Crippen LogP contribution in [0.2, 0.25) is 5.02 Å². The summed E-state index contributed by atoms with van der Waals surface area (Å²) >= 11 is 6.12. The topological polar surface area (TPSA) is 0 Å². The van der Waals surface area contributed by atoms with Crippen molar-refractivity contribution in [2.45, 2.75) is 27.2 Å². The van der Waals surface area contributed by atoms with Crippen LogP contribution in [0.4, 0.5) is 0 Å². The molecule has 0 aliphatic carbocycles. The first-order chi connectivity index (χ1) is 5.61. The van der Waals surface area contributed by atoms with Gasteiger partial charge in [0.05, 0.1) is 0 Å². The Morgan fingerprint density at radius 2 is 2.08 bits per heavy atom. The normalized spacial score (nSPS) is 10.8. The van der Waals surface area contributed by atoms with Crippen LogP contribution in [0.5, 0.6) is 0 Å². The molecule has 0 heterocycles. The van der Waals surface area contributed by atoms with Crippen LogP contribution in [0.25, 0.3) is 0 Å². The van der Waals surface area contributed by atoms with E-state index in [9.17, 15) is 0 Å². The molecule has 1 heteroatoms. The van der Waals surface area contributed by atoms with Crippen molar-refractivity contribution in [3.8, 4) is 0 Å². The molecule has 0 unspecified atom stereocenters. The third-order valence-electron chi connectivity index (χ3n) is 1.81. The lowest BCUT2D eigenvalue weighted by molar-refractivity contribution is 0.647. The molecule has 0 saturated carbocycles. The molecule has 1 radical (unpaired) electrons. The van der Waals surface area contributed by atoms with E-state index in [1.54, 1.807) is 0 Å². The third-order valence-corrected chi connectivity index (χ3v) is 2.35. The Hall–Kier alpha value is -0.490. The second-order valence-electron chi connectivity index (χ2n) is 3.58. The summed E-state index contributed by atoms with van der Waals surface area (Å²) in [6.45, 7) is 6.40. The average Bonchev–Trinajstić information content (AvgIpc) is 1.98. The van der Waals surface area contributed by atoms with E-state index in [0.29, 0.717) is 5.92 Å². The van der Waals surface area contributed by atoms with Gasteiger partial charge >= 0.3 is 0 Å². The summed E-state index contributed by atoms with van der Waals surface area (Å²) in [6.07, 6.45) is 1.04. The number of hydrogen-bond donors (Lipinski definition) is 0. The molecule has 0 nitrogen and oxygen atoms in total. The lowest BCUT2D eigenvalue weighted by Gasteiger charge is -2.08.